The Labute approximate surface area is 277 Å². The first-order valence-corrected chi connectivity index (χ1v) is 16.7. The third kappa shape index (κ3) is 12.3. The number of nitrogens with two attached hydrogens (primary N) is 3. The normalized spacial score (nSPS) is 29.0. The Bertz CT molecular complexity index is 1090. The average molecular weight is 668 g/mol. The summed E-state index contributed by atoms with van der Waals surface area (Å²) in [5, 5.41) is 13.4. The third-order valence-electron chi connectivity index (χ3n) is 8.63. The van der Waals surface area contributed by atoms with E-state index in [1.54, 1.807) is 20.9 Å². The molecule has 0 aromatic heterocycles. The van der Waals surface area contributed by atoms with Crippen molar-refractivity contribution in [3.63, 3.8) is 0 Å². The minimum absolute atomic E-state index is 0.0257. The smallest absolute Gasteiger partial charge is 0.244 e. The summed E-state index contributed by atoms with van der Waals surface area (Å²) in [5.74, 6) is -4.11. The minimum atomic E-state index is -1.27. The van der Waals surface area contributed by atoms with Gasteiger partial charge in [-0.25, -0.2) is 0 Å². The van der Waals surface area contributed by atoms with E-state index in [2.05, 4.69) is 26.6 Å². The van der Waals surface area contributed by atoms with E-state index in [0.29, 0.717) is 19.3 Å². The number of nitrogens with zero attached hydrogens (tertiary/aromatic N) is 1. The van der Waals surface area contributed by atoms with Gasteiger partial charge in [0, 0.05) is 32.7 Å². The van der Waals surface area contributed by atoms with Gasteiger partial charge in [-0.05, 0) is 38.0 Å². The van der Waals surface area contributed by atoms with Gasteiger partial charge in [0.15, 0.2) is 0 Å². The molecule has 0 unspecified atom stereocenters. The fourth-order valence-corrected chi connectivity index (χ4v) is 5.80. The van der Waals surface area contributed by atoms with Gasteiger partial charge in [-0.2, -0.15) is 0 Å². The van der Waals surface area contributed by atoms with Gasteiger partial charge in [-0.15, -0.1) is 0 Å². The number of rotatable bonds is 8. The lowest BCUT2D eigenvalue weighted by Gasteiger charge is -2.35. The molecule has 2 fully saturated rings. The van der Waals surface area contributed by atoms with E-state index in [9.17, 15) is 28.8 Å². The number of ether oxygens (including phenoxy) is 1. The standard InChI is InChI=1S/C31H57N9O7/c1-17(2)11-24-29(44)39-25(20-9-7-6-8-10-20)30(45)37-22(13-33)27(42)38-23(14-35-26(41)21(34)12-32)28(43)36-19(4)16-47-15-18(3)31(46)40(24)5/h17-25H,6-16,32-34H2,1-5H3,(H,35,41)(H,36,43)(H,37,45)(H,38,42)(H,39,44)/t18-,19-,21-,22+,23+,24+,25+/m1/s1. The van der Waals surface area contributed by atoms with Crippen molar-refractivity contribution in [2.24, 2.45) is 35.0 Å². The molecule has 0 radical (unpaired) electrons. The zero-order valence-corrected chi connectivity index (χ0v) is 28.5. The van der Waals surface area contributed by atoms with E-state index in [-0.39, 0.29) is 50.6 Å². The van der Waals surface area contributed by atoms with E-state index in [1.807, 2.05) is 13.8 Å². The zero-order valence-electron chi connectivity index (χ0n) is 28.5. The molecule has 2 aliphatic rings. The number of hydrogen-bond donors (Lipinski definition) is 8. The molecule has 2 rings (SSSR count). The van der Waals surface area contributed by atoms with E-state index in [1.165, 1.54) is 4.90 Å². The highest BCUT2D eigenvalue weighted by molar-refractivity contribution is 5.96. The Hall–Kier alpha value is -3.34. The SMILES string of the molecule is CC(C)C[C@H]1C(=O)N[C@@H](C2CCCCC2)C(=O)N[C@@H](CN)C(=O)N[C@@H](CNC(=O)[C@H](N)CN)C(=O)N[C@H](C)COC[C@@H](C)C(=O)N1C. The predicted molar refractivity (Wildman–Crippen MR) is 175 cm³/mol. The van der Waals surface area contributed by atoms with Crippen LogP contribution >= 0.6 is 0 Å². The number of hydrogen-bond acceptors (Lipinski definition) is 10. The first-order valence-electron chi connectivity index (χ1n) is 16.7. The molecule has 11 N–H and O–H groups in total. The second-order valence-corrected chi connectivity index (χ2v) is 13.3. The Morgan fingerprint density at radius 3 is 2.11 bits per heavy atom. The van der Waals surface area contributed by atoms with Crippen LogP contribution in [-0.4, -0.2) is 116 Å². The van der Waals surface area contributed by atoms with Gasteiger partial charge in [-0.1, -0.05) is 40.0 Å². The molecule has 0 aromatic carbocycles. The Kier molecular flexibility index (Phi) is 16.5. The van der Waals surface area contributed by atoms with Crippen molar-refractivity contribution in [1.82, 2.24) is 31.5 Å². The molecule has 1 aliphatic heterocycles. The van der Waals surface area contributed by atoms with Crippen LogP contribution in [0.15, 0.2) is 0 Å². The zero-order chi connectivity index (χ0) is 35.3. The van der Waals surface area contributed by atoms with Crippen LogP contribution in [0.4, 0.5) is 0 Å². The molecule has 268 valence electrons. The molecule has 0 bridgehead atoms. The molecule has 1 saturated carbocycles. The molecule has 0 spiro atoms. The largest absolute Gasteiger partial charge is 0.379 e. The summed E-state index contributed by atoms with van der Waals surface area (Å²) in [6, 6.07) is -5.93. The van der Waals surface area contributed by atoms with Crippen molar-refractivity contribution in [2.75, 3.05) is 39.9 Å². The molecule has 1 aliphatic carbocycles. The van der Waals surface area contributed by atoms with Crippen molar-refractivity contribution in [2.45, 2.75) is 102 Å². The Balaban J connectivity index is 2.46. The van der Waals surface area contributed by atoms with Crippen LogP contribution in [0.1, 0.15) is 66.2 Å². The molecule has 7 atom stereocenters. The van der Waals surface area contributed by atoms with Crippen LogP contribution in [-0.2, 0) is 33.5 Å². The first kappa shape index (κ1) is 39.8. The van der Waals surface area contributed by atoms with Gasteiger partial charge in [0.25, 0.3) is 0 Å². The van der Waals surface area contributed by atoms with Gasteiger partial charge in [-0.3, -0.25) is 28.8 Å². The maximum atomic E-state index is 13.9. The lowest BCUT2D eigenvalue weighted by Crippen LogP contribution is -2.63. The first-order chi connectivity index (χ1) is 22.2. The molecule has 16 nitrogen and oxygen atoms in total. The highest BCUT2D eigenvalue weighted by atomic mass is 16.5. The van der Waals surface area contributed by atoms with Crippen LogP contribution in [0, 0.1) is 17.8 Å². The van der Waals surface area contributed by atoms with Crippen LogP contribution < -0.4 is 43.8 Å². The van der Waals surface area contributed by atoms with E-state index in [4.69, 9.17) is 21.9 Å². The summed E-state index contributed by atoms with van der Waals surface area (Å²) >= 11 is 0. The maximum absolute atomic E-state index is 13.9. The average Bonchev–Trinajstić information content (AvgIpc) is 3.04. The fourth-order valence-electron chi connectivity index (χ4n) is 5.80. The van der Waals surface area contributed by atoms with Crippen molar-refractivity contribution in [1.29, 1.82) is 0 Å². The van der Waals surface area contributed by atoms with Gasteiger partial charge in [0.2, 0.25) is 35.4 Å². The molecular formula is C31H57N9O7. The number of nitrogens with one attached hydrogen (secondary N) is 5. The van der Waals surface area contributed by atoms with Crippen molar-refractivity contribution >= 4 is 35.4 Å². The summed E-state index contributed by atoms with van der Waals surface area (Å²) in [7, 11) is 1.57. The molecule has 6 amide bonds. The highest BCUT2D eigenvalue weighted by Crippen LogP contribution is 2.27. The predicted octanol–water partition coefficient (Wildman–Crippen LogP) is -2.57. The molecule has 1 saturated heterocycles. The number of likely N-dealkylation sites (N-methyl/N-ethyl adjacent to an activating group) is 1. The number of amides is 6. The lowest BCUT2D eigenvalue weighted by atomic mass is 9.83. The maximum Gasteiger partial charge on any atom is 0.244 e. The van der Waals surface area contributed by atoms with Crippen LogP contribution in [0.25, 0.3) is 0 Å². The molecular weight excluding hydrogens is 610 g/mol. The van der Waals surface area contributed by atoms with E-state index >= 15 is 0 Å². The van der Waals surface area contributed by atoms with Gasteiger partial charge in [0.05, 0.1) is 25.2 Å². The van der Waals surface area contributed by atoms with E-state index < -0.39 is 71.7 Å². The molecule has 1 heterocycles. The Morgan fingerprint density at radius 1 is 0.894 bits per heavy atom. The lowest BCUT2D eigenvalue weighted by molar-refractivity contribution is -0.144. The van der Waals surface area contributed by atoms with Gasteiger partial charge < -0.3 is 53.4 Å². The van der Waals surface area contributed by atoms with Crippen LogP contribution in [0.5, 0.6) is 0 Å². The summed E-state index contributed by atoms with van der Waals surface area (Å²) in [6.07, 6.45) is 4.53. The summed E-state index contributed by atoms with van der Waals surface area (Å²) in [5.41, 5.74) is 17.1. The second kappa shape index (κ2) is 19.5. The Morgan fingerprint density at radius 2 is 1.51 bits per heavy atom. The van der Waals surface area contributed by atoms with Crippen molar-refractivity contribution < 1.29 is 33.5 Å². The highest BCUT2D eigenvalue weighted by Gasteiger charge is 2.38. The summed E-state index contributed by atoms with van der Waals surface area (Å²) in [4.78, 5) is 81.6. The molecule has 47 heavy (non-hydrogen) atoms. The summed E-state index contributed by atoms with van der Waals surface area (Å²) in [6.45, 7) is 6.58. The van der Waals surface area contributed by atoms with Crippen molar-refractivity contribution in [3.05, 3.63) is 0 Å². The topological polar surface area (TPSA) is 253 Å². The number of carbonyl (C=O) groups excluding carboxylic acids is 6. The van der Waals surface area contributed by atoms with Crippen LogP contribution in [0.2, 0.25) is 0 Å². The van der Waals surface area contributed by atoms with E-state index in [0.717, 1.165) is 19.3 Å². The fraction of sp³-hybridized carbons (Fsp3) is 0.806. The van der Waals surface area contributed by atoms with Gasteiger partial charge >= 0.3 is 0 Å². The van der Waals surface area contributed by atoms with Crippen LogP contribution in [0.3, 0.4) is 0 Å². The number of carbonyl (C=O) groups is 6. The molecule has 0 aromatic rings. The minimum Gasteiger partial charge on any atom is -0.379 e. The molecule has 16 heteroatoms. The van der Waals surface area contributed by atoms with Crippen molar-refractivity contribution in [3.8, 4) is 0 Å². The summed E-state index contributed by atoms with van der Waals surface area (Å²) < 4.78 is 5.76. The second-order valence-electron chi connectivity index (χ2n) is 13.3. The van der Waals surface area contributed by atoms with Gasteiger partial charge in [0.1, 0.15) is 24.2 Å². The third-order valence-corrected chi connectivity index (χ3v) is 8.63. The quantitative estimate of drug-likeness (QED) is 0.134. The monoisotopic (exact) mass is 667 g/mol.